The van der Waals surface area contributed by atoms with Crippen molar-refractivity contribution in [3.63, 3.8) is 0 Å². The van der Waals surface area contributed by atoms with Gasteiger partial charge >= 0.3 is 0 Å². The van der Waals surface area contributed by atoms with Gasteiger partial charge in [-0.15, -0.1) is 0 Å². The summed E-state index contributed by atoms with van der Waals surface area (Å²) >= 11 is 0. The lowest BCUT2D eigenvalue weighted by atomic mass is 10.00. The van der Waals surface area contributed by atoms with E-state index in [-0.39, 0.29) is 12.2 Å². The van der Waals surface area contributed by atoms with Crippen molar-refractivity contribution in [3.05, 3.63) is 114 Å². The molecule has 0 radical (unpaired) electrons. The quantitative estimate of drug-likeness (QED) is 0.106. The summed E-state index contributed by atoms with van der Waals surface area (Å²) in [5, 5.41) is 3.17. The third-order valence-corrected chi connectivity index (χ3v) is 9.52. The number of carbonyl (C=O) groups is 1. The lowest BCUT2D eigenvalue weighted by molar-refractivity contribution is -0.112. The maximum absolute atomic E-state index is 13.8. The summed E-state index contributed by atoms with van der Waals surface area (Å²) < 4.78 is 17.3. The van der Waals surface area contributed by atoms with E-state index in [1.165, 1.54) is 5.56 Å². The maximum atomic E-state index is 13.8. The molecule has 1 aromatic heterocycles. The summed E-state index contributed by atoms with van der Waals surface area (Å²) in [5.41, 5.74) is 7.99. The fourth-order valence-electron chi connectivity index (χ4n) is 6.60. The minimum Gasteiger partial charge on any atom is -0.465 e. The summed E-state index contributed by atoms with van der Waals surface area (Å²) in [4.78, 5) is 23.1. The van der Waals surface area contributed by atoms with Crippen LogP contribution >= 0.6 is 0 Å². The number of nitrogens with one attached hydrogen (secondary N) is 1. The third kappa shape index (κ3) is 9.59. The van der Waals surface area contributed by atoms with Crippen molar-refractivity contribution in [3.8, 4) is 16.9 Å². The molecule has 1 unspecified atom stereocenters. The van der Waals surface area contributed by atoms with Gasteiger partial charge in [-0.05, 0) is 117 Å². The van der Waals surface area contributed by atoms with E-state index in [1.54, 1.807) is 0 Å². The second-order valence-corrected chi connectivity index (χ2v) is 13.3. The molecular weight excluding hydrogens is 624 g/mol. The van der Waals surface area contributed by atoms with Crippen LogP contribution in [0.5, 0.6) is 5.75 Å². The zero-order valence-corrected chi connectivity index (χ0v) is 29.6. The number of hydrogen-bond acceptors (Lipinski definition) is 7. The summed E-state index contributed by atoms with van der Waals surface area (Å²) in [6.45, 7) is 8.66. The summed E-state index contributed by atoms with van der Waals surface area (Å²) in [5.74, 6) is 0.692. The molecule has 0 bridgehead atoms. The Morgan fingerprint density at radius 3 is 2.54 bits per heavy atom. The normalized spacial score (nSPS) is 15.6. The number of amides is 1. The molecule has 3 heterocycles. The zero-order valence-electron chi connectivity index (χ0n) is 29.6. The second kappa shape index (κ2) is 17.4. The Kier molecular flexibility index (Phi) is 12.3. The molecule has 8 heteroatoms. The lowest BCUT2D eigenvalue weighted by Crippen LogP contribution is -2.36. The van der Waals surface area contributed by atoms with Crippen LogP contribution in [0, 0.1) is 0 Å². The second-order valence-electron chi connectivity index (χ2n) is 13.3. The van der Waals surface area contributed by atoms with Gasteiger partial charge in [-0.2, -0.15) is 0 Å². The van der Waals surface area contributed by atoms with E-state index in [0.29, 0.717) is 32.2 Å². The van der Waals surface area contributed by atoms with E-state index in [9.17, 15) is 4.79 Å². The van der Waals surface area contributed by atoms with Gasteiger partial charge in [0.05, 0.1) is 18.8 Å². The molecule has 0 spiro atoms. The highest BCUT2D eigenvalue weighted by Gasteiger charge is 2.22. The number of carbonyl (C=O) groups excluding carboxylic acids is 1. The van der Waals surface area contributed by atoms with Crippen LogP contribution in [0.25, 0.3) is 17.2 Å². The highest BCUT2D eigenvalue weighted by atomic mass is 16.7. The average Bonchev–Trinajstić information content (AvgIpc) is 3.32. The molecule has 1 atom stereocenters. The number of nitrogens with zero attached hydrogens (tertiary/aromatic N) is 3. The largest absolute Gasteiger partial charge is 0.465 e. The van der Waals surface area contributed by atoms with E-state index in [0.717, 1.165) is 90.5 Å². The first-order chi connectivity index (χ1) is 24.4. The van der Waals surface area contributed by atoms with Crippen molar-refractivity contribution in [2.45, 2.75) is 71.4 Å². The van der Waals surface area contributed by atoms with Crippen LogP contribution < -0.4 is 15.0 Å². The van der Waals surface area contributed by atoms with Crippen molar-refractivity contribution in [1.82, 2.24) is 9.88 Å². The minimum absolute atomic E-state index is 0.0788. The maximum Gasteiger partial charge on any atom is 0.251 e. The molecule has 1 fully saturated rings. The van der Waals surface area contributed by atoms with E-state index in [2.05, 4.69) is 82.6 Å². The smallest absolute Gasteiger partial charge is 0.251 e. The Morgan fingerprint density at radius 1 is 1.02 bits per heavy atom. The van der Waals surface area contributed by atoms with E-state index >= 15 is 0 Å². The number of benzene rings is 3. The molecule has 1 amide bonds. The topological polar surface area (TPSA) is 76.2 Å². The van der Waals surface area contributed by atoms with Gasteiger partial charge in [-0.3, -0.25) is 14.7 Å². The number of anilines is 2. The van der Waals surface area contributed by atoms with Gasteiger partial charge in [-0.25, -0.2) is 0 Å². The molecule has 8 nitrogen and oxygen atoms in total. The predicted octanol–water partition coefficient (Wildman–Crippen LogP) is 8.33. The lowest BCUT2D eigenvalue weighted by Gasteiger charge is -2.31. The van der Waals surface area contributed by atoms with Crippen LogP contribution in [0.2, 0.25) is 0 Å². The molecule has 0 aliphatic carbocycles. The van der Waals surface area contributed by atoms with Gasteiger partial charge in [0.1, 0.15) is 5.75 Å². The first-order valence-corrected chi connectivity index (χ1v) is 18.0. The first-order valence-electron chi connectivity index (χ1n) is 18.0. The van der Waals surface area contributed by atoms with Gasteiger partial charge in [-0.1, -0.05) is 49.7 Å². The van der Waals surface area contributed by atoms with E-state index in [1.807, 2.05) is 55.6 Å². The Labute approximate surface area is 297 Å². The molecular formula is C42H50N4O4. The number of hydrogen-bond donors (Lipinski definition) is 1. The van der Waals surface area contributed by atoms with Crippen molar-refractivity contribution in [2.24, 2.45) is 0 Å². The fraction of sp³-hybridized carbons (Fsp3) is 0.381. The van der Waals surface area contributed by atoms with Crippen LogP contribution in [0.15, 0.2) is 96.7 Å². The SMILES string of the molecule is CCCCOC(C)Oc1ccc(-c2ccc3c(c2)C=C(C(=O)Nc2ccc(CN(C)C4CCOCC4)cc2)CCN3Cc2ccccn2)cc1. The van der Waals surface area contributed by atoms with Crippen LogP contribution in [-0.2, 0) is 27.4 Å². The fourth-order valence-corrected chi connectivity index (χ4v) is 6.60. The number of pyridine rings is 1. The van der Waals surface area contributed by atoms with E-state index in [4.69, 9.17) is 14.2 Å². The molecule has 1 N–H and O–H groups in total. The van der Waals surface area contributed by atoms with Gasteiger partial charge in [0.2, 0.25) is 0 Å². The number of fused-ring (bicyclic) bond motifs is 1. The molecule has 0 saturated carbocycles. The molecule has 3 aromatic carbocycles. The van der Waals surface area contributed by atoms with Gasteiger partial charge in [0.25, 0.3) is 5.91 Å². The Balaban J connectivity index is 1.18. The zero-order chi connectivity index (χ0) is 34.7. The van der Waals surface area contributed by atoms with Crippen molar-refractivity contribution >= 4 is 23.4 Å². The molecule has 4 aromatic rings. The van der Waals surface area contributed by atoms with Gasteiger partial charge < -0.3 is 24.4 Å². The highest BCUT2D eigenvalue weighted by Crippen LogP contribution is 2.34. The highest BCUT2D eigenvalue weighted by molar-refractivity contribution is 6.07. The first kappa shape index (κ1) is 35.3. The van der Waals surface area contributed by atoms with Crippen LogP contribution in [0.3, 0.4) is 0 Å². The average molecular weight is 675 g/mol. The Hall–Kier alpha value is -4.50. The molecule has 6 rings (SSSR count). The molecule has 2 aliphatic heterocycles. The predicted molar refractivity (Wildman–Crippen MR) is 201 cm³/mol. The molecule has 262 valence electrons. The Morgan fingerprint density at radius 2 is 1.80 bits per heavy atom. The number of aromatic nitrogens is 1. The number of ether oxygens (including phenoxy) is 3. The monoisotopic (exact) mass is 674 g/mol. The summed E-state index contributed by atoms with van der Waals surface area (Å²) in [7, 11) is 2.18. The number of unbranched alkanes of at least 4 members (excludes halogenated alkanes) is 1. The Bertz CT molecular complexity index is 1700. The van der Waals surface area contributed by atoms with Crippen molar-refractivity contribution < 1.29 is 19.0 Å². The molecule has 50 heavy (non-hydrogen) atoms. The standard InChI is InChI=1S/C42H50N4O4/c1-4-5-24-49-31(2)50-40-16-11-33(12-17-40)34-13-18-41-36(27-34)28-35(19-23-46(41)30-38-8-6-7-22-43-38)42(47)44-37-14-9-32(10-15-37)29-45(3)39-20-25-48-26-21-39/h6-18,22,27-28,31,39H,4-5,19-21,23-26,29-30H2,1-3H3,(H,44,47). The minimum atomic E-state index is -0.304. The van der Waals surface area contributed by atoms with Crippen molar-refractivity contribution in [1.29, 1.82) is 0 Å². The summed E-state index contributed by atoms with van der Waals surface area (Å²) in [6, 6.07) is 29.4. The van der Waals surface area contributed by atoms with Crippen LogP contribution in [0.1, 0.15) is 62.8 Å². The van der Waals surface area contributed by atoms with Crippen LogP contribution in [-0.4, -0.2) is 61.5 Å². The molecule has 2 aliphatic rings. The van der Waals surface area contributed by atoms with Gasteiger partial charge in [0, 0.05) is 55.5 Å². The van der Waals surface area contributed by atoms with Crippen LogP contribution in [0.4, 0.5) is 11.4 Å². The molecule has 1 saturated heterocycles. The van der Waals surface area contributed by atoms with E-state index < -0.39 is 0 Å². The third-order valence-electron chi connectivity index (χ3n) is 9.52. The van der Waals surface area contributed by atoms with Gasteiger partial charge in [0.15, 0.2) is 6.29 Å². The van der Waals surface area contributed by atoms with Crippen molar-refractivity contribution in [2.75, 3.05) is 43.6 Å². The number of rotatable bonds is 14. The summed E-state index contributed by atoms with van der Waals surface area (Å²) in [6.07, 6.45) is 8.43.